The van der Waals surface area contributed by atoms with Gasteiger partial charge < -0.3 is 14.8 Å². The summed E-state index contributed by atoms with van der Waals surface area (Å²) in [5.74, 6) is 0. The third-order valence-electron chi connectivity index (χ3n) is 3.41. The molecule has 1 N–H and O–H groups in total. The van der Waals surface area contributed by atoms with Gasteiger partial charge in [-0.2, -0.15) is 0 Å². The van der Waals surface area contributed by atoms with Crippen LogP contribution in [0, 0.1) is 0 Å². The highest BCUT2D eigenvalue weighted by Gasteiger charge is 2.32. The molecule has 0 aromatic carbocycles. The van der Waals surface area contributed by atoms with Crippen molar-refractivity contribution in [1.29, 1.82) is 0 Å². The number of hydrogen-bond donors (Lipinski definition) is 1. The van der Waals surface area contributed by atoms with Crippen molar-refractivity contribution in [2.75, 3.05) is 19.8 Å². The zero-order valence-corrected chi connectivity index (χ0v) is 9.21. The molecule has 82 valence electrons. The maximum atomic E-state index is 5.73. The first-order chi connectivity index (χ1) is 6.70. The summed E-state index contributed by atoms with van der Waals surface area (Å²) in [7, 11) is 0. The molecule has 3 heteroatoms. The summed E-state index contributed by atoms with van der Waals surface area (Å²) in [6.07, 6.45) is 3.88. The minimum absolute atomic E-state index is 0.0717. The Bertz CT molecular complexity index is 190. The van der Waals surface area contributed by atoms with Crippen LogP contribution in [0.25, 0.3) is 0 Å². The lowest BCUT2D eigenvalue weighted by Crippen LogP contribution is -2.44. The smallest absolute Gasteiger partial charge is 0.0779 e. The topological polar surface area (TPSA) is 30.5 Å². The molecular formula is C11H21NO2. The van der Waals surface area contributed by atoms with E-state index in [-0.39, 0.29) is 5.60 Å². The van der Waals surface area contributed by atoms with Gasteiger partial charge in [-0.1, -0.05) is 0 Å². The zero-order chi connectivity index (χ0) is 10.0. The highest BCUT2D eigenvalue weighted by Crippen LogP contribution is 2.24. The minimum atomic E-state index is 0.0717. The summed E-state index contributed by atoms with van der Waals surface area (Å²) in [6.45, 7) is 7.13. The van der Waals surface area contributed by atoms with Gasteiger partial charge in [-0.3, -0.25) is 0 Å². The average Bonchev–Trinajstić information content (AvgIpc) is 2.73. The lowest BCUT2D eigenvalue weighted by atomic mass is 10.0. The molecule has 2 saturated heterocycles. The van der Waals surface area contributed by atoms with Crippen molar-refractivity contribution in [3.05, 3.63) is 0 Å². The van der Waals surface area contributed by atoms with Gasteiger partial charge in [0.15, 0.2) is 0 Å². The standard InChI is InChI=1S/C11H21NO2/c1-9-10(4-7-13-9)12-8-11(2)5-3-6-14-11/h9-10,12H,3-8H2,1-2H3. The number of nitrogens with one attached hydrogen (secondary N) is 1. The second-order valence-corrected chi connectivity index (χ2v) is 4.75. The predicted molar refractivity (Wildman–Crippen MR) is 55.4 cm³/mol. The van der Waals surface area contributed by atoms with Gasteiger partial charge in [0.2, 0.25) is 0 Å². The molecule has 2 aliphatic heterocycles. The van der Waals surface area contributed by atoms with E-state index in [1.165, 1.54) is 12.8 Å². The molecule has 0 saturated carbocycles. The summed E-state index contributed by atoms with van der Waals surface area (Å²) in [5, 5.41) is 3.56. The molecule has 0 aliphatic carbocycles. The van der Waals surface area contributed by atoms with Gasteiger partial charge in [-0.05, 0) is 33.1 Å². The van der Waals surface area contributed by atoms with Gasteiger partial charge in [0.25, 0.3) is 0 Å². The molecule has 0 radical (unpaired) electrons. The summed E-state index contributed by atoms with van der Waals surface area (Å²) >= 11 is 0. The number of ether oxygens (including phenoxy) is 2. The quantitative estimate of drug-likeness (QED) is 0.743. The Morgan fingerprint density at radius 3 is 2.86 bits per heavy atom. The minimum Gasteiger partial charge on any atom is -0.377 e. The van der Waals surface area contributed by atoms with E-state index in [1.54, 1.807) is 0 Å². The highest BCUT2D eigenvalue weighted by molar-refractivity contribution is 4.87. The largest absolute Gasteiger partial charge is 0.377 e. The average molecular weight is 199 g/mol. The Morgan fingerprint density at radius 2 is 2.29 bits per heavy atom. The summed E-state index contributed by atoms with van der Waals surface area (Å²) in [5.41, 5.74) is 0.0717. The van der Waals surface area contributed by atoms with E-state index in [9.17, 15) is 0 Å². The molecule has 0 bridgehead atoms. The van der Waals surface area contributed by atoms with Crippen LogP contribution in [0.3, 0.4) is 0 Å². The van der Waals surface area contributed by atoms with E-state index < -0.39 is 0 Å². The second-order valence-electron chi connectivity index (χ2n) is 4.75. The maximum Gasteiger partial charge on any atom is 0.0779 e. The van der Waals surface area contributed by atoms with Gasteiger partial charge in [0.1, 0.15) is 0 Å². The van der Waals surface area contributed by atoms with Crippen molar-refractivity contribution in [1.82, 2.24) is 5.32 Å². The van der Waals surface area contributed by atoms with Crippen LogP contribution in [0.1, 0.15) is 33.1 Å². The van der Waals surface area contributed by atoms with Crippen LogP contribution in [-0.2, 0) is 9.47 Å². The van der Waals surface area contributed by atoms with Crippen molar-refractivity contribution in [3.63, 3.8) is 0 Å². The normalized spacial score (nSPS) is 43.3. The molecule has 0 spiro atoms. The summed E-state index contributed by atoms with van der Waals surface area (Å²) < 4.78 is 11.2. The molecule has 0 amide bonds. The van der Waals surface area contributed by atoms with Crippen molar-refractivity contribution < 1.29 is 9.47 Å². The SMILES string of the molecule is CC1OCCC1NCC1(C)CCCO1. The Kier molecular flexibility index (Phi) is 3.10. The first kappa shape index (κ1) is 10.4. The Labute approximate surface area is 86.2 Å². The van der Waals surface area contributed by atoms with Crippen LogP contribution in [-0.4, -0.2) is 37.5 Å². The van der Waals surface area contributed by atoms with Gasteiger partial charge in [-0.15, -0.1) is 0 Å². The molecule has 0 aromatic rings. The third-order valence-corrected chi connectivity index (χ3v) is 3.41. The van der Waals surface area contributed by atoms with E-state index >= 15 is 0 Å². The van der Waals surface area contributed by atoms with Crippen molar-refractivity contribution in [2.45, 2.75) is 50.9 Å². The van der Waals surface area contributed by atoms with Gasteiger partial charge in [-0.25, -0.2) is 0 Å². The number of rotatable bonds is 3. The van der Waals surface area contributed by atoms with Gasteiger partial charge in [0.05, 0.1) is 11.7 Å². The molecule has 2 aliphatic rings. The van der Waals surface area contributed by atoms with Crippen molar-refractivity contribution in [3.8, 4) is 0 Å². The Balaban J connectivity index is 1.75. The van der Waals surface area contributed by atoms with E-state index in [4.69, 9.17) is 9.47 Å². The van der Waals surface area contributed by atoms with Gasteiger partial charge >= 0.3 is 0 Å². The van der Waals surface area contributed by atoms with Crippen LogP contribution < -0.4 is 5.32 Å². The fraction of sp³-hybridized carbons (Fsp3) is 1.00. The molecule has 2 fully saturated rings. The molecule has 3 nitrogen and oxygen atoms in total. The van der Waals surface area contributed by atoms with Crippen molar-refractivity contribution >= 4 is 0 Å². The van der Waals surface area contributed by atoms with Gasteiger partial charge in [0, 0.05) is 25.8 Å². The first-order valence-corrected chi connectivity index (χ1v) is 5.69. The maximum absolute atomic E-state index is 5.73. The molecule has 2 heterocycles. The fourth-order valence-electron chi connectivity index (χ4n) is 2.32. The summed E-state index contributed by atoms with van der Waals surface area (Å²) in [4.78, 5) is 0. The number of hydrogen-bond acceptors (Lipinski definition) is 3. The zero-order valence-electron chi connectivity index (χ0n) is 9.21. The molecule has 3 atom stereocenters. The summed E-state index contributed by atoms with van der Waals surface area (Å²) in [6, 6.07) is 0.524. The third kappa shape index (κ3) is 2.27. The fourth-order valence-corrected chi connectivity index (χ4v) is 2.32. The predicted octanol–water partition coefficient (Wildman–Crippen LogP) is 1.32. The molecule has 14 heavy (non-hydrogen) atoms. The van der Waals surface area contributed by atoms with Crippen LogP contribution in [0.15, 0.2) is 0 Å². The van der Waals surface area contributed by atoms with Crippen LogP contribution in [0.2, 0.25) is 0 Å². The monoisotopic (exact) mass is 199 g/mol. The second kappa shape index (κ2) is 4.17. The van der Waals surface area contributed by atoms with Crippen LogP contribution >= 0.6 is 0 Å². The van der Waals surface area contributed by atoms with Crippen molar-refractivity contribution in [2.24, 2.45) is 0 Å². The molecular weight excluding hydrogens is 178 g/mol. The lowest BCUT2D eigenvalue weighted by Gasteiger charge is -2.26. The molecule has 0 aromatic heterocycles. The molecule has 2 rings (SSSR count). The van der Waals surface area contributed by atoms with Crippen LogP contribution in [0.5, 0.6) is 0 Å². The lowest BCUT2D eigenvalue weighted by molar-refractivity contribution is 0.0162. The highest BCUT2D eigenvalue weighted by atomic mass is 16.5. The van der Waals surface area contributed by atoms with E-state index in [0.29, 0.717) is 12.1 Å². The Hall–Kier alpha value is -0.120. The molecule has 3 unspecified atom stereocenters. The Morgan fingerprint density at radius 1 is 1.43 bits per heavy atom. The van der Waals surface area contributed by atoms with E-state index in [1.807, 2.05) is 0 Å². The van der Waals surface area contributed by atoms with E-state index in [0.717, 1.165) is 26.2 Å². The van der Waals surface area contributed by atoms with Crippen LogP contribution in [0.4, 0.5) is 0 Å². The first-order valence-electron chi connectivity index (χ1n) is 5.69. The van der Waals surface area contributed by atoms with E-state index in [2.05, 4.69) is 19.2 Å².